The first-order valence-electron chi connectivity index (χ1n) is 8.73. The van der Waals surface area contributed by atoms with Gasteiger partial charge < -0.3 is 15.0 Å². The molecule has 132 valence electrons. The van der Waals surface area contributed by atoms with E-state index in [4.69, 9.17) is 4.74 Å². The summed E-state index contributed by atoms with van der Waals surface area (Å²) >= 11 is 1.91. The molecule has 0 unspecified atom stereocenters. The number of para-hydroxylation sites is 1. The minimum atomic E-state index is 0.000663. The van der Waals surface area contributed by atoms with Crippen molar-refractivity contribution in [2.24, 2.45) is 0 Å². The summed E-state index contributed by atoms with van der Waals surface area (Å²) in [7, 11) is 0. The molecule has 1 amide bonds. The van der Waals surface area contributed by atoms with E-state index in [1.165, 1.54) is 4.90 Å². The Morgan fingerprint density at radius 1 is 1.20 bits per heavy atom. The molecule has 0 saturated heterocycles. The number of carbonyl (C=O) groups excluding carboxylic acids is 1. The van der Waals surface area contributed by atoms with Gasteiger partial charge in [-0.3, -0.25) is 4.79 Å². The number of nitrogens with one attached hydrogen (secondary N) is 1. The lowest BCUT2D eigenvalue weighted by Crippen LogP contribution is -2.40. The summed E-state index contributed by atoms with van der Waals surface area (Å²) in [5, 5.41) is 3.50. The van der Waals surface area contributed by atoms with Crippen LogP contribution in [0.2, 0.25) is 0 Å². The number of benzene rings is 2. The van der Waals surface area contributed by atoms with Crippen LogP contribution in [0.25, 0.3) is 0 Å². The number of thioether (sulfide) groups is 1. The van der Waals surface area contributed by atoms with Gasteiger partial charge in [0.25, 0.3) is 0 Å². The second kappa shape index (κ2) is 8.30. The van der Waals surface area contributed by atoms with Crippen molar-refractivity contribution in [3.8, 4) is 5.75 Å². The van der Waals surface area contributed by atoms with Crippen LogP contribution in [0.15, 0.2) is 53.4 Å². The third-order valence-electron chi connectivity index (χ3n) is 4.16. The molecule has 0 bridgehead atoms. The van der Waals surface area contributed by atoms with E-state index in [0.717, 1.165) is 30.1 Å². The molecule has 1 aliphatic rings. The fraction of sp³-hybridized carbons (Fsp3) is 0.350. The molecule has 0 spiro atoms. The van der Waals surface area contributed by atoms with Crippen molar-refractivity contribution >= 4 is 29.0 Å². The lowest BCUT2D eigenvalue weighted by atomic mass is 10.2. The van der Waals surface area contributed by atoms with Gasteiger partial charge in [-0.05, 0) is 49.7 Å². The number of amides is 1. The van der Waals surface area contributed by atoms with E-state index in [1.807, 2.05) is 49.0 Å². The summed E-state index contributed by atoms with van der Waals surface area (Å²) in [5.41, 5.74) is 1.94. The van der Waals surface area contributed by atoms with Gasteiger partial charge in [-0.2, -0.15) is 0 Å². The summed E-state index contributed by atoms with van der Waals surface area (Å²) in [6.07, 6.45) is 1.09. The topological polar surface area (TPSA) is 41.6 Å². The maximum Gasteiger partial charge on any atom is 0.243 e. The molecule has 1 aliphatic heterocycles. The Morgan fingerprint density at radius 3 is 2.68 bits per heavy atom. The van der Waals surface area contributed by atoms with Crippen molar-refractivity contribution in [2.75, 3.05) is 29.9 Å². The van der Waals surface area contributed by atoms with E-state index < -0.39 is 0 Å². The van der Waals surface area contributed by atoms with Crippen LogP contribution in [0.3, 0.4) is 0 Å². The van der Waals surface area contributed by atoms with E-state index in [1.54, 1.807) is 0 Å². The van der Waals surface area contributed by atoms with Crippen molar-refractivity contribution < 1.29 is 9.53 Å². The van der Waals surface area contributed by atoms with Gasteiger partial charge >= 0.3 is 0 Å². The first kappa shape index (κ1) is 17.7. The third-order valence-corrected chi connectivity index (χ3v) is 5.58. The largest absolute Gasteiger partial charge is 0.494 e. The van der Waals surface area contributed by atoms with Crippen LogP contribution < -0.4 is 15.0 Å². The standard InChI is InChI=1S/C20H24N2O2S/c1-3-17-13-22(18-7-5-6-8-19(18)25-17)14-20(23)21-15-9-11-16(12-10-15)24-4-2/h5-12,17H,3-4,13-14H2,1-2H3,(H,21,23)/t17-/m0/s1. The van der Waals surface area contributed by atoms with Gasteiger partial charge in [0.05, 0.1) is 18.8 Å². The molecule has 0 fully saturated rings. The van der Waals surface area contributed by atoms with Crippen LogP contribution in [0, 0.1) is 0 Å². The SMILES string of the molecule is CCOc1ccc(NC(=O)CN2C[C@H](CC)Sc3ccccc32)cc1. The van der Waals surface area contributed by atoms with Gasteiger partial charge in [-0.25, -0.2) is 0 Å². The molecule has 0 aromatic heterocycles. The summed E-state index contributed by atoms with van der Waals surface area (Å²) < 4.78 is 5.43. The van der Waals surface area contributed by atoms with Crippen molar-refractivity contribution in [3.05, 3.63) is 48.5 Å². The van der Waals surface area contributed by atoms with Gasteiger partial charge in [0.1, 0.15) is 5.75 Å². The maximum atomic E-state index is 12.5. The summed E-state index contributed by atoms with van der Waals surface area (Å²) in [6.45, 7) is 6.05. The molecular weight excluding hydrogens is 332 g/mol. The number of carbonyl (C=O) groups is 1. The average molecular weight is 356 g/mol. The first-order valence-corrected chi connectivity index (χ1v) is 9.61. The number of anilines is 2. The molecule has 0 radical (unpaired) electrons. The van der Waals surface area contributed by atoms with E-state index in [-0.39, 0.29) is 5.91 Å². The number of rotatable bonds is 6. The van der Waals surface area contributed by atoms with Gasteiger partial charge in [0.15, 0.2) is 0 Å². The molecule has 1 atom stereocenters. The second-order valence-corrected chi connectivity index (χ2v) is 7.34. The van der Waals surface area contributed by atoms with Crippen molar-refractivity contribution in [3.63, 3.8) is 0 Å². The first-order chi connectivity index (χ1) is 12.2. The van der Waals surface area contributed by atoms with Crippen LogP contribution >= 0.6 is 11.8 Å². The minimum Gasteiger partial charge on any atom is -0.494 e. The highest BCUT2D eigenvalue weighted by Crippen LogP contribution is 2.39. The molecule has 2 aromatic rings. The average Bonchev–Trinajstić information content (AvgIpc) is 2.63. The predicted molar refractivity (Wildman–Crippen MR) is 105 cm³/mol. The van der Waals surface area contributed by atoms with Crippen LogP contribution in [-0.2, 0) is 4.79 Å². The van der Waals surface area contributed by atoms with Crippen LogP contribution in [0.5, 0.6) is 5.75 Å². The fourth-order valence-corrected chi connectivity index (χ4v) is 4.17. The molecule has 4 nitrogen and oxygen atoms in total. The van der Waals surface area contributed by atoms with Gasteiger partial charge in [0, 0.05) is 22.4 Å². The molecule has 25 heavy (non-hydrogen) atoms. The van der Waals surface area contributed by atoms with Gasteiger partial charge in [-0.15, -0.1) is 11.8 Å². The number of ether oxygens (including phenoxy) is 1. The van der Waals surface area contributed by atoms with Crippen LogP contribution in [0.1, 0.15) is 20.3 Å². The molecule has 0 aliphatic carbocycles. The van der Waals surface area contributed by atoms with Gasteiger partial charge in [0.2, 0.25) is 5.91 Å². The zero-order valence-electron chi connectivity index (χ0n) is 14.7. The minimum absolute atomic E-state index is 0.000663. The summed E-state index contributed by atoms with van der Waals surface area (Å²) in [5.74, 6) is 0.814. The normalized spacial score (nSPS) is 16.2. The Kier molecular flexibility index (Phi) is 5.87. The maximum absolute atomic E-state index is 12.5. The quantitative estimate of drug-likeness (QED) is 0.832. The molecule has 2 aromatic carbocycles. The molecule has 3 rings (SSSR count). The highest BCUT2D eigenvalue weighted by molar-refractivity contribution is 8.00. The van der Waals surface area contributed by atoms with E-state index >= 15 is 0 Å². The molecule has 1 heterocycles. The second-order valence-electron chi connectivity index (χ2n) is 6.00. The van der Waals surface area contributed by atoms with Crippen LogP contribution in [-0.4, -0.2) is 30.9 Å². The number of fused-ring (bicyclic) bond motifs is 1. The Balaban J connectivity index is 1.66. The lowest BCUT2D eigenvalue weighted by Gasteiger charge is -2.34. The molecular formula is C20H24N2O2S. The molecule has 1 N–H and O–H groups in total. The highest BCUT2D eigenvalue weighted by Gasteiger charge is 2.25. The Morgan fingerprint density at radius 2 is 1.96 bits per heavy atom. The van der Waals surface area contributed by atoms with E-state index in [0.29, 0.717) is 18.4 Å². The van der Waals surface area contributed by atoms with Crippen molar-refractivity contribution in [1.82, 2.24) is 0 Å². The Labute approximate surface area is 153 Å². The Hall–Kier alpha value is -2.14. The monoisotopic (exact) mass is 356 g/mol. The lowest BCUT2D eigenvalue weighted by molar-refractivity contribution is -0.115. The van der Waals surface area contributed by atoms with Gasteiger partial charge in [-0.1, -0.05) is 19.1 Å². The fourth-order valence-electron chi connectivity index (χ4n) is 2.92. The predicted octanol–water partition coefficient (Wildman–Crippen LogP) is 4.41. The molecule has 5 heteroatoms. The molecule has 0 saturated carbocycles. The van der Waals surface area contributed by atoms with Crippen LogP contribution in [0.4, 0.5) is 11.4 Å². The number of hydrogen-bond acceptors (Lipinski definition) is 4. The van der Waals surface area contributed by atoms with E-state index in [9.17, 15) is 4.79 Å². The summed E-state index contributed by atoms with van der Waals surface area (Å²) in [6, 6.07) is 15.8. The highest BCUT2D eigenvalue weighted by atomic mass is 32.2. The summed E-state index contributed by atoms with van der Waals surface area (Å²) in [4.78, 5) is 15.9. The van der Waals surface area contributed by atoms with Crippen molar-refractivity contribution in [1.29, 1.82) is 0 Å². The smallest absolute Gasteiger partial charge is 0.243 e. The number of nitrogens with zero attached hydrogens (tertiary/aromatic N) is 1. The number of hydrogen-bond donors (Lipinski definition) is 1. The zero-order chi connectivity index (χ0) is 17.6. The van der Waals surface area contributed by atoms with E-state index in [2.05, 4.69) is 35.3 Å². The van der Waals surface area contributed by atoms with Crippen molar-refractivity contribution in [2.45, 2.75) is 30.4 Å². The Bertz CT molecular complexity index is 718. The third kappa shape index (κ3) is 4.48. The zero-order valence-corrected chi connectivity index (χ0v) is 15.5.